The van der Waals surface area contributed by atoms with Crippen LogP contribution in [-0.4, -0.2) is 36.9 Å². The van der Waals surface area contributed by atoms with Gasteiger partial charge in [0.2, 0.25) is 0 Å². The lowest BCUT2D eigenvalue weighted by Gasteiger charge is -2.14. The van der Waals surface area contributed by atoms with Gasteiger partial charge in [-0.3, -0.25) is 4.79 Å². The SMILES string of the molecule is C[C@@H]1CN(S(=O)(=O)c2ccc(Cl)s2)C[C@H]1C(=O)O. The molecule has 0 aromatic carbocycles. The average Bonchev–Trinajstić information content (AvgIpc) is 2.84. The first-order valence-electron chi connectivity index (χ1n) is 5.30. The lowest BCUT2D eigenvalue weighted by molar-refractivity contribution is -0.142. The first-order chi connectivity index (χ1) is 8.32. The number of hydrogen-bond acceptors (Lipinski definition) is 4. The third kappa shape index (κ3) is 2.40. The number of carboxylic acid groups (broad SMARTS) is 1. The Balaban J connectivity index is 2.26. The number of carboxylic acids is 1. The molecule has 100 valence electrons. The van der Waals surface area contributed by atoms with E-state index in [0.29, 0.717) is 4.34 Å². The highest BCUT2D eigenvalue weighted by molar-refractivity contribution is 7.91. The van der Waals surface area contributed by atoms with Crippen LogP contribution in [0.1, 0.15) is 6.92 Å². The molecule has 0 radical (unpaired) electrons. The van der Waals surface area contributed by atoms with E-state index in [0.717, 1.165) is 11.3 Å². The molecule has 2 atom stereocenters. The van der Waals surface area contributed by atoms with Crippen LogP contribution in [0.2, 0.25) is 4.34 Å². The first-order valence-corrected chi connectivity index (χ1v) is 7.94. The van der Waals surface area contributed by atoms with E-state index in [4.69, 9.17) is 16.7 Å². The fraction of sp³-hybridized carbons (Fsp3) is 0.500. The van der Waals surface area contributed by atoms with Crippen molar-refractivity contribution in [1.29, 1.82) is 0 Å². The van der Waals surface area contributed by atoms with E-state index in [-0.39, 0.29) is 23.2 Å². The van der Waals surface area contributed by atoms with Gasteiger partial charge < -0.3 is 5.11 Å². The Hall–Kier alpha value is -0.630. The summed E-state index contributed by atoms with van der Waals surface area (Å²) in [4.78, 5) is 11.0. The second-order valence-corrected chi connectivity index (χ2v) is 8.18. The molecule has 1 N–H and O–H groups in total. The van der Waals surface area contributed by atoms with E-state index in [1.165, 1.54) is 16.4 Å². The Labute approximate surface area is 114 Å². The molecule has 0 aliphatic carbocycles. The molecular formula is C10H12ClNO4S2. The van der Waals surface area contributed by atoms with E-state index < -0.39 is 21.9 Å². The molecule has 1 fully saturated rings. The topological polar surface area (TPSA) is 74.7 Å². The van der Waals surface area contributed by atoms with Crippen LogP contribution in [0, 0.1) is 11.8 Å². The highest BCUT2D eigenvalue weighted by Gasteiger charge is 2.41. The molecule has 1 aliphatic rings. The van der Waals surface area contributed by atoms with Crippen LogP contribution in [0.25, 0.3) is 0 Å². The predicted molar refractivity (Wildman–Crippen MR) is 68.4 cm³/mol. The highest BCUT2D eigenvalue weighted by atomic mass is 35.5. The zero-order valence-corrected chi connectivity index (χ0v) is 11.9. The first kappa shape index (κ1) is 13.8. The molecule has 0 bridgehead atoms. The molecule has 1 aliphatic heterocycles. The smallest absolute Gasteiger partial charge is 0.308 e. The maximum absolute atomic E-state index is 12.2. The summed E-state index contributed by atoms with van der Waals surface area (Å²) in [5.74, 6) is -1.78. The van der Waals surface area contributed by atoms with Crippen LogP contribution in [-0.2, 0) is 14.8 Å². The number of sulfonamides is 1. The fourth-order valence-corrected chi connectivity index (χ4v) is 5.21. The minimum Gasteiger partial charge on any atom is -0.481 e. The lowest BCUT2D eigenvalue weighted by atomic mass is 9.99. The molecule has 0 amide bonds. The molecule has 1 saturated heterocycles. The quantitative estimate of drug-likeness (QED) is 0.923. The molecule has 1 aromatic rings. The Bertz CT molecular complexity index is 568. The maximum atomic E-state index is 12.2. The third-order valence-electron chi connectivity index (χ3n) is 3.04. The third-order valence-corrected chi connectivity index (χ3v) is 6.57. The summed E-state index contributed by atoms with van der Waals surface area (Å²) in [6, 6.07) is 2.97. The van der Waals surface area contributed by atoms with Crippen LogP contribution in [0.5, 0.6) is 0 Å². The van der Waals surface area contributed by atoms with Crippen LogP contribution >= 0.6 is 22.9 Å². The summed E-state index contributed by atoms with van der Waals surface area (Å²) in [7, 11) is -3.61. The molecule has 0 unspecified atom stereocenters. The molecule has 1 aromatic heterocycles. The Morgan fingerprint density at radius 2 is 2.17 bits per heavy atom. The van der Waals surface area contributed by atoms with Gasteiger partial charge in [0.05, 0.1) is 10.3 Å². The highest BCUT2D eigenvalue weighted by Crippen LogP contribution is 2.32. The van der Waals surface area contributed by atoms with Gasteiger partial charge in [-0.25, -0.2) is 8.42 Å². The number of carbonyl (C=O) groups is 1. The lowest BCUT2D eigenvalue weighted by Crippen LogP contribution is -2.29. The molecule has 5 nitrogen and oxygen atoms in total. The molecule has 18 heavy (non-hydrogen) atoms. The van der Waals surface area contributed by atoms with Gasteiger partial charge in [-0.1, -0.05) is 18.5 Å². The molecular weight excluding hydrogens is 298 g/mol. The summed E-state index contributed by atoms with van der Waals surface area (Å²) < 4.78 is 26.3. The van der Waals surface area contributed by atoms with Crippen molar-refractivity contribution in [2.45, 2.75) is 11.1 Å². The van der Waals surface area contributed by atoms with E-state index in [1.54, 1.807) is 6.92 Å². The molecule has 0 saturated carbocycles. The van der Waals surface area contributed by atoms with Crippen LogP contribution < -0.4 is 0 Å². The predicted octanol–water partition coefficient (Wildman–Crippen LogP) is 1.74. The molecule has 2 rings (SSSR count). The maximum Gasteiger partial charge on any atom is 0.308 e. The molecule has 8 heteroatoms. The number of halogens is 1. The van der Waals surface area contributed by atoms with Crippen molar-refractivity contribution in [2.75, 3.05) is 13.1 Å². The van der Waals surface area contributed by atoms with Crippen molar-refractivity contribution in [1.82, 2.24) is 4.31 Å². The average molecular weight is 310 g/mol. The van der Waals surface area contributed by atoms with Gasteiger partial charge in [0.25, 0.3) is 10.0 Å². The largest absolute Gasteiger partial charge is 0.481 e. The van der Waals surface area contributed by atoms with Crippen molar-refractivity contribution in [2.24, 2.45) is 11.8 Å². The minimum atomic E-state index is -3.61. The van der Waals surface area contributed by atoms with Gasteiger partial charge in [0, 0.05) is 13.1 Å². The summed E-state index contributed by atoms with van der Waals surface area (Å²) in [6.45, 7) is 2.00. The zero-order valence-electron chi connectivity index (χ0n) is 9.54. The van der Waals surface area contributed by atoms with Crippen LogP contribution in [0.3, 0.4) is 0 Å². The van der Waals surface area contributed by atoms with Crippen LogP contribution in [0.4, 0.5) is 0 Å². The van der Waals surface area contributed by atoms with Crippen molar-refractivity contribution in [3.05, 3.63) is 16.5 Å². The molecule has 0 spiro atoms. The van der Waals surface area contributed by atoms with E-state index in [1.807, 2.05) is 0 Å². The fourth-order valence-electron chi connectivity index (χ4n) is 2.00. The number of hydrogen-bond donors (Lipinski definition) is 1. The van der Waals surface area contributed by atoms with Crippen molar-refractivity contribution in [3.63, 3.8) is 0 Å². The standard InChI is InChI=1S/C10H12ClNO4S2/c1-6-4-12(5-7(6)10(13)14)18(15,16)9-3-2-8(11)17-9/h2-3,6-7H,4-5H2,1H3,(H,13,14)/t6-,7-/m1/s1. The zero-order chi connectivity index (χ0) is 13.5. The normalized spacial score (nSPS) is 25.4. The van der Waals surface area contributed by atoms with E-state index in [2.05, 4.69) is 0 Å². The number of thiophene rings is 1. The second-order valence-electron chi connectivity index (χ2n) is 4.30. The summed E-state index contributed by atoms with van der Waals surface area (Å²) in [6.07, 6.45) is 0. The van der Waals surface area contributed by atoms with E-state index >= 15 is 0 Å². The summed E-state index contributed by atoms with van der Waals surface area (Å²) in [5, 5.41) is 9.00. The Morgan fingerprint density at radius 3 is 2.61 bits per heavy atom. The van der Waals surface area contributed by atoms with Gasteiger partial charge in [0.15, 0.2) is 0 Å². The monoisotopic (exact) mass is 309 g/mol. The second kappa shape index (κ2) is 4.80. The molecule has 2 heterocycles. The van der Waals surface area contributed by atoms with Gasteiger partial charge in [-0.05, 0) is 18.1 Å². The van der Waals surface area contributed by atoms with E-state index in [9.17, 15) is 13.2 Å². The van der Waals surface area contributed by atoms with Gasteiger partial charge in [-0.15, -0.1) is 11.3 Å². The van der Waals surface area contributed by atoms with Crippen molar-refractivity contribution >= 4 is 38.9 Å². The summed E-state index contributed by atoms with van der Waals surface area (Å²) >= 11 is 6.70. The minimum absolute atomic E-state index is 0.0222. The summed E-state index contributed by atoms with van der Waals surface area (Å²) in [5.41, 5.74) is 0. The van der Waals surface area contributed by atoms with Gasteiger partial charge in [0.1, 0.15) is 4.21 Å². The number of rotatable bonds is 3. The van der Waals surface area contributed by atoms with Gasteiger partial charge in [-0.2, -0.15) is 4.31 Å². The number of aliphatic carboxylic acids is 1. The van der Waals surface area contributed by atoms with Crippen molar-refractivity contribution < 1.29 is 18.3 Å². The number of nitrogens with zero attached hydrogens (tertiary/aromatic N) is 1. The van der Waals surface area contributed by atoms with Crippen LogP contribution in [0.15, 0.2) is 16.3 Å². The Kier molecular flexibility index (Phi) is 3.68. The van der Waals surface area contributed by atoms with Crippen molar-refractivity contribution in [3.8, 4) is 0 Å². The van der Waals surface area contributed by atoms with Gasteiger partial charge >= 0.3 is 5.97 Å². The Morgan fingerprint density at radius 1 is 1.50 bits per heavy atom.